The molecule has 1 saturated carbocycles. The average molecular weight is 240 g/mol. The standard InChI is InChI=1S/C11H12O4S/c12-10(13)7-5-8(6-3-1-2-4-6)16-9(7)11(14)15/h5-6H,1-4H2,(H,12,13)(H,14,15). The van der Waals surface area contributed by atoms with Crippen molar-refractivity contribution in [2.24, 2.45) is 0 Å². The molecule has 0 spiro atoms. The summed E-state index contributed by atoms with van der Waals surface area (Å²) >= 11 is 1.11. The van der Waals surface area contributed by atoms with Crippen LogP contribution in [0.1, 0.15) is 56.5 Å². The maximum Gasteiger partial charge on any atom is 0.346 e. The molecule has 0 atom stereocenters. The number of hydrogen-bond acceptors (Lipinski definition) is 3. The van der Waals surface area contributed by atoms with Crippen molar-refractivity contribution in [2.45, 2.75) is 31.6 Å². The van der Waals surface area contributed by atoms with Crippen molar-refractivity contribution in [3.63, 3.8) is 0 Å². The third-order valence-corrected chi connectivity index (χ3v) is 4.22. The Labute approximate surface area is 96.5 Å². The predicted octanol–water partition coefficient (Wildman–Crippen LogP) is 2.80. The van der Waals surface area contributed by atoms with Crippen molar-refractivity contribution in [1.29, 1.82) is 0 Å². The van der Waals surface area contributed by atoms with E-state index in [-0.39, 0.29) is 10.4 Å². The number of carboxylic acids is 2. The highest BCUT2D eigenvalue weighted by molar-refractivity contribution is 7.14. The molecule has 1 aliphatic carbocycles. The molecule has 0 radical (unpaired) electrons. The molecule has 5 heteroatoms. The summed E-state index contributed by atoms with van der Waals surface area (Å²) in [6.45, 7) is 0. The third-order valence-electron chi connectivity index (χ3n) is 2.93. The molecule has 0 aromatic carbocycles. The number of rotatable bonds is 3. The fourth-order valence-corrected chi connectivity index (χ4v) is 3.30. The van der Waals surface area contributed by atoms with Gasteiger partial charge in [0.05, 0.1) is 5.56 Å². The molecule has 2 N–H and O–H groups in total. The van der Waals surface area contributed by atoms with Crippen LogP contribution < -0.4 is 0 Å². The molecule has 1 aromatic heterocycles. The van der Waals surface area contributed by atoms with E-state index in [1.54, 1.807) is 0 Å². The Morgan fingerprint density at radius 3 is 2.25 bits per heavy atom. The highest BCUT2D eigenvalue weighted by atomic mass is 32.1. The van der Waals surface area contributed by atoms with E-state index in [1.165, 1.54) is 6.07 Å². The van der Waals surface area contributed by atoms with Crippen LogP contribution in [0.3, 0.4) is 0 Å². The number of thiophene rings is 1. The summed E-state index contributed by atoms with van der Waals surface area (Å²) in [6, 6.07) is 1.53. The maximum absolute atomic E-state index is 10.9. The summed E-state index contributed by atoms with van der Waals surface area (Å²) < 4.78 is 0. The van der Waals surface area contributed by atoms with E-state index in [0.717, 1.165) is 41.9 Å². The average Bonchev–Trinajstić information content (AvgIpc) is 2.86. The van der Waals surface area contributed by atoms with Gasteiger partial charge in [0, 0.05) is 4.88 Å². The zero-order chi connectivity index (χ0) is 11.7. The third kappa shape index (κ3) is 1.95. The SMILES string of the molecule is O=C(O)c1cc(C2CCCC2)sc1C(=O)O. The molecule has 1 aromatic rings. The second kappa shape index (κ2) is 4.25. The van der Waals surface area contributed by atoms with E-state index in [0.29, 0.717) is 5.92 Å². The molecule has 1 fully saturated rings. The Morgan fingerprint density at radius 1 is 1.19 bits per heavy atom. The molecule has 0 aliphatic heterocycles. The number of carboxylic acid groups (broad SMARTS) is 2. The van der Waals surface area contributed by atoms with Gasteiger partial charge in [0.1, 0.15) is 4.88 Å². The lowest BCUT2D eigenvalue weighted by molar-refractivity contribution is 0.0656. The van der Waals surface area contributed by atoms with Gasteiger partial charge in [-0.05, 0) is 24.8 Å². The van der Waals surface area contributed by atoms with Gasteiger partial charge in [0.15, 0.2) is 0 Å². The normalized spacial score (nSPS) is 16.5. The van der Waals surface area contributed by atoms with Gasteiger partial charge in [-0.3, -0.25) is 0 Å². The minimum atomic E-state index is -1.15. The lowest BCUT2D eigenvalue weighted by Gasteiger charge is -2.03. The van der Waals surface area contributed by atoms with E-state index in [1.807, 2.05) is 0 Å². The summed E-state index contributed by atoms with van der Waals surface area (Å²) in [5, 5.41) is 17.8. The van der Waals surface area contributed by atoms with Crippen LogP contribution >= 0.6 is 11.3 Å². The van der Waals surface area contributed by atoms with Crippen LogP contribution in [-0.2, 0) is 0 Å². The first-order chi connectivity index (χ1) is 7.59. The monoisotopic (exact) mass is 240 g/mol. The van der Waals surface area contributed by atoms with Crippen molar-refractivity contribution < 1.29 is 19.8 Å². The highest BCUT2D eigenvalue weighted by Gasteiger charge is 2.25. The van der Waals surface area contributed by atoms with Crippen LogP contribution in [0, 0.1) is 0 Å². The minimum Gasteiger partial charge on any atom is -0.478 e. The second-order valence-electron chi connectivity index (χ2n) is 3.98. The Hall–Kier alpha value is -1.36. The lowest BCUT2D eigenvalue weighted by Crippen LogP contribution is -2.03. The molecule has 0 saturated heterocycles. The second-order valence-corrected chi connectivity index (χ2v) is 5.07. The quantitative estimate of drug-likeness (QED) is 0.851. The van der Waals surface area contributed by atoms with Gasteiger partial charge in [-0.15, -0.1) is 11.3 Å². The van der Waals surface area contributed by atoms with Crippen molar-refractivity contribution in [2.75, 3.05) is 0 Å². The lowest BCUT2D eigenvalue weighted by atomic mass is 10.1. The van der Waals surface area contributed by atoms with Gasteiger partial charge in [0.25, 0.3) is 0 Å². The van der Waals surface area contributed by atoms with Crippen LogP contribution in [0.4, 0.5) is 0 Å². The van der Waals surface area contributed by atoms with Gasteiger partial charge < -0.3 is 10.2 Å². The molecule has 1 aliphatic rings. The topological polar surface area (TPSA) is 74.6 Å². The summed E-state index contributed by atoms with van der Waals surface area (Å²) in [5.74, 6) is -1.94. The van der Waals surface area contributed by atoms with Gasteiger partial charge in [-0.2, -0.15) is 0 Å². The molecule has 0 unspecified atom stereocenters. The van der Waals surface area contributed by atoms with Crippen LogP contribution in [0.25, 0.3) is 0 Å². The van der Waals surface area contributed by atoms with E-state index in [2.05, 4.69) is 0 Å². The van der Waals surface area contributed by atoms with Crippen molar-refractivity contribution in [3.05, 3.63) is 21.4 Å². The summed E-state index contributed by atoms with van der Waals surface area (Å²) in [7, 11) is 0. The van der Waals surface area contributed by atoms with Crippen LogP contribution in [0.15, 0.2) is 6.07 Å². The molecule has 0 bridgehead atoms. The predicted molar refractivity (Wildman–Crippen MR) is 59.4 cm³/mol. The van der Waals surface area contributed by atoms with Crippen LogP contribution in [0.2, 0.25) is 0 Å². The van der Waals surface area contributed by atoms with Gasteiger partial charge in [0.2, 0.25) is 0 Å². The maximum atomic E-state index is 10.9. The van der Waals surface area contributed by atoms with Gasteiger partial charge in [-0.25, -0.2) is 9.59 Å². The van der Waals surface area contributed by atoms with E-state index >= 15 is 0 Å². The van der Waals surface area contributed by atoms with Gasteiger partial charge >= 0.3 is 11.9 Å². The first-order valence-electron chi connectivity index (χ1n) is 5.20. The van der Waals surface area contributed by atoms with Crippen molar-refractivity contribution in [1.82, 2.24) is 0 Å². The van der Waals surface area contributed by atoms with Crippen LogP contribution in [0.5, 0.6) is 0 Å². The first kappa shape index (κ1) is 11.1. The molecule has 4 nitrogen and oxygen atoms in total. The first-order valence-corrected chi connectivity index (χ1v) is 6.01. The Kier molecular flexibility index (Phi) is 2.96. The molecule has 1 heterocycles. The zero-order valence-electron chi connectivity index (χ0n) is 8.60. The van der Waals surface area contributed by atoms with E-state index < -0.39 is 11.9 Å². The fourth-order valence-electron chi connectivity index (χ4n) is 2.14. The number of hydrogen-bond donors (Lipinski definition) is 2. The molecule has 2 rings (SSSR count). The minimum absolute atomic E-state index is 0.0469. The van der Waals surface area contributed by atoms with E-state index in [4.69, 9.17) is 10.2 Å². The summed E-state index contributed by atoms with van der Waals surface area (Å²) in [6.07, 6.45) is 4.37. The largest absolute Gasteiger partial charge is 0.478 e. The van der Waals surface area contributed by atoms with Crippen LogP contribution in [-0.4, -0.2) is 22.2 Å². The number of carbonyl (C=O) groups is 2. The number of aromatic carboxylic acids is 2. The highest BCUT2D eigenvalue weighted by Crippen LogP contribution is 2.39. The fraction of sp³-hybridized carbons (Fsp3) is 0.455. The molecule has 16 heavy (non-hydrogen) atoms. The molecule has 0 amide bonds. The Balaban J connectivity index is 2.37. The van der Waals surface area contributed by atoms with Crippen molar-refractivity contribution >= 4 is 23.3 Å². The molecule has 86 valence electrons. The smallest absolute Gasteiger partial charge is 0.346 e. The van der Waals surface area contributed by atoms with E-state index in [9.17, 15) is 9.59 Å². The molecular formula is C11H12O4S. The Bertz CT molecular complexity index is 398. The summed E-state index contributed by atoms with van der Waals surface area (Å²) in [5.41, 5.74) is -0.0700. The van der Waals surface area contributed by atoms with Crippen molar-refractivity contribution in [3.8, 4) is 0 Å². The molecular weight excluding hydrogens is 228 g/mol. The zero-order valence-corrected chi connectivity index (χ0v) is 9.42. The Morgan fingerprint density at radius 2 is 1.81 bits per heavy atom. The van der Waals surface area contributed by atoms with Gasteiger partial charge in [-0.1, -0.05) is 12.8 Å². The summed E-state index contributed by atoms with van der Waals surface area (Å²) in [4.78, 5) is 22.7.